The van der Waals surface area contributed by atoms with Crippen LogP contribution in [0.5, 0.6) is 0 Å². The molecular weight excluding hydrogens is 246 g/mol. The second-order valence-electron chi connectivity index (χ2n) is 3.86. The summed E-state index contributed by atoms with van der Waals surface area (Å²) >= 11 is 0. The highest BCUT2D eigenvalue weighted by Crippen LogP contribution is 2.12. The number of aryl methyl sites for hydroxylation is 1. The number of amidine groups is 1. The summed E-state index contributed by atoms with van der Waals surface area (Å²) in [6.45, 7) is 0. The summed E-state index contributed by atoms with van der Waals surface area (Å²) in [6, 6.07) is 8.31. The third kappa shape index (κ3) is 2.71. The van der Waals surface area contributed by atoms with Gasteiger partial charge in [0.25, 0.3) is 5.91 Å². The highest BCUT2D eigenvalue weighted by Gasteiger charge is 2.10. The second kappa shape index (κ2) is 5.21. The maximum atomic E-state index is 12.0. The largest absolute Gasteiger partial charge is 0.409 e. The van der Waals surface area contributed by atoms with Crippen LogP contribution in [-0.2, 0) is 7.05 Å². The lowest BCUT2D eigenvalue weighted by Crippen LogP contribution is -2.17. The van der Waals surface area contributed by atoms with Crippen LogP contribution in [0.15, 0.2) is 41.7 Å². The topological polar surface area (TPSA) is 106 Å². The zero-order valence-electron chi connectivity index (χ0n) is 10.2. The van der Waals surface area contributed by atoms with Crippen molar-refractivity contribution in [2.45, 2.75) is 0 Å². The molecule has 0 radical (unpaired) electrons. The minimum Gasteiger partial charge on any atom is -0.409 e. The molecule has 0 atom stereocenters. The van der Waals surface area contributed by atoms with Gasteiger partial charge in [-0.05, 0) is 18.2 Å². The van der Waals surface area contributed by atoms with E-state index in [1.807, 2.05) is 0 Å². The number of anilines is 1. The van der Waals surface area contributed by atoms with Gasteiger partial charge in [0, 0.05) is 24.5 Å². The van der Waals surface area contributed by atoms with Crippen molar-refractivity contribution in [3.63, 3.8) is 0 Å². The molecule has 4 N–H and O–H groups in total. The molecule has 1 heterocycles. The van der Waals surface area contributed by atoms with Gasteiger partial charge in [-0.1, -0.05) is 17.3 Å². The van der Waals surface area contributed by atoms with Gasteiger partial charge in [-0.3, -0.25) is 9.48 Å². The van der Waals surface area contributed by atoms with Gasteiger partial charge in [-0.15, -0.1) is 0 Å². The third-order valence-corrected chi connectivity index (χ3v) is 2.58. The normalized spacial score (nSPS) is 11.3. The lowest BCUT2D eigenvalue weighted by Gasteiger charge is -2.07. The van der Waals surface area contributed by atoms with Crippen molar-refractivity contribution in [1.82, 2.24) is 9.78 Å². The number of carbonyl (C=O) groups is 1. The van der Waals surface area contributed by atoms with E-state index in [0.29, 0.717) is 16.9 Å². The fraction of sp³-hybridized carbons (Fsp3) is 0.0833. The monoisotopic (exact) mass is 259 g/mol. The van der Waals surface area contributed by atoms with Gasteiger partial charge < -0.3 is 16.3 Å². The van der Waals surface area contributed by atoms with Crippen molar-refractivity contribution in [1.29, 1.82) is 0 Å². The van der Waals surface area contributed by atoms with E-state index in [0.717, 1.165) is 0 Å². The van der Waals surface area contributed by atoms with Crippen LogP contribution in [0.2, 0.25) is 0 Å². The average Bonchev–Trinajstić information content (AvgIpc) is 2.84. The van der Waals surface area contributed by atoms with E-state index in [1.165, 1.54) is 4.68 Å². The molecule has 0 aliphatic heterocycles. The van der Waals surface area contributed by atoms with E-state index >= 15 is 0 Å². The lowest BCUT2D eigenvalue weighted by molar-refractivity contribution is 0.101. The molecule has 0 aliphatic carbocycles. The molecule has 19 heavy (non-hydrogen) atoms. The third-order valence-electron chi connectivity index (χ3n) is 2.58. The number of amides is 1. The molecule has 0 unspecified atom stereocenters. The predicted molar refractivity (Wildman–Crippen MR) is 70.1 cm³/mol. The van der Waals surface area contributed by atoms with E-state index in [1.54, 1.807) is 43.6 Å². The van der Waals surface area contributed by atoms with Crippen LogP contribution in [0.1, 0.15) is 16.1 Å². The predicted octanol–water partition coefficient (Wildman–Crippen LogP) is 0.767. The number of oxime groups is 1. The maximum absolute atomic E-state index is 12.0. The van der Waals surface area contributed by atoms with Crippen LogP contribution < -0.4 is 11.1 Å². The Kier molecular flexibility index (Phi) is 3.46. The minimum atomic E-state index is -0.281. The number of nitrogens with two attached hydrogens (primary N) is 1. The standard InChI is InChI=1S/C12H13N5O2/c1-17-10(5-6-14-17)12(18)15-9-4-2-3-8(7-9)11(13)16-19/h2-7,19H,1H3,(H2,13,16)(H,15,18). The molecule has 7 nitrogen and oxygen atoms in total. The Balaban J connectivity index is 2.20. The summed E-state index contributed by atoms with van der Waals surface area (Å²) in [7, 11) is 1.68. The zero-order valence-corrected chi connectivity index (χ0v) is 10.2. The van der Waals surface area contributed by atoms with E-state index < -0.39 is 0 Å². The molecule has 1 aromatic carbocycles. The quantitative estimate of drug-likeness (QED) is 0.327. The van der Waals surface area contributed by atoms with Crippen molar-refractivity contribution >= 4 is 17.4 Å². The molecule has 0 aliphatic rings. The zero-order chi connectivity index (χ0) is 13.8. The highest BCUT2D eigenvalue weighted by atomic mass is 16.4. The molecular formula is C12H13N5O2. The number of nitrogens with one attached hydrogen (secondary N) is 1. The number of hydrogen-bond acceptors (Lipinski definition) is 4. The molecule has 98 valence electrons. The van der Waals surface area contributed by atoms with Gasteiger partial charge in [0.1, 0.15) is 5.69 Å². The first-order chi connectivity index (χ1) is 9.11. The number of carbonyl (C=O) groups excluding carboxylic acids is 1. The molecule has 2 aromatic rings. The van der Waals surface area contributed by atoms with E-state index in [9.17, 15) is 4.79 Å². The Bertz CT molecular complexity index is 633. The van der Waals surface area contributed by atoms with Crippen LogP contribution in [0, 0.1) is 0 Å². The molecule has 0 bridgehead atoms. The van der Waals surface area contributed by atoms with Crippen LogP contribution in [-0.4, -0.2) is 26.7 Å². The Labute approximate surface area is 109 Å². The number of nitrogens with zero attached hydrogens (tertiary/aromatic N) is 3. The van der Waals surface area contributed by atoms with Crippen LogP contribution in [0.25, 0.3) is 0 Å². The molecule has 0 fully saturated rings. The van der Waals surface area contributed by atoms with Crippen molar-refractivity contribution < 1.29 is 10.0 Å². The van der Waals surface area contributed by atoms with Gasteiger partial charge >= 0.3 is 0 Å². The molecule has 2 rings (SSSR count). The Morgan fingerprint density at radius 1 is 1.47 bits per heavy atom. The van der Waals surface area contributed by atoms with Gasteiger partial charge in [0.05, 0.1) is 0 Å². The van der Waals surface area contributed by atoms with Crippen LogP contribution >= 0.6 is 0 Å². The summed E-state index contributed by atoms with van der Waals surface area (Å²) in [4.78, 5) is 12.0. The van der Waals surface area contributed by atoms with Crippen LogP contribution in [0.3, 0.4) is 0 Å². The lowest BCUT2D eigenvalue weighted by atomic mass is 10.2. The van der Waals surface area contributed by atoms with Crippen molar-refractivity contribution in [3.8, 4) is 0 Å². The van der Waals surface area contributed by atoms with Gasteiger partial charge in [0.2, 0.25) is 0 Å². The van der Waals surface area contributed by atoms with E-state index in [2.05, 4.69) is 15.6 Å². The second-order valence-corrected chi connectivity index (χ2v) is 3.86. The SMILES string of the molecule is Cn1nccc1C(=O)Nc1cccc(C(N)=NO)c1. The first-order valence-electron chi connectivity index (χ1n) is 5.49. The first kappa shape index (κ1) is 12.6. The summed E-state index contributed by atoms with van der Waals surface area (Å²) in [5, 5.41) is 18.2. The minimum absolute atomic E-state index is 0.0170. The Hall–Kier alpha value is -2.83. The fourth-order valence-electron chi connectivity index (χ4n) is 1.61. The number of aromatic nitrogens is 2. The number of hydrogen-bond donors (Lipinski definition) is 3. The fourth-order valence-corrected chi connectivity index (χ4v) is 1.61. The Morgan fingerprint density at radius 3 is 2.89 bits per heavy atom. The number of benzene rings is 1. The summed E-state index contributed by atoms with van der Waals surface area (Å²) in [5.41, 5.74) is 6.99. The summed E-state index contributed by atoms with van der Waals surface area (Å²) in [6.07, 6.45) is 1.54. The van der Waals surface area contributed by atoms with Gasteiger partial charge in [0.15, 0.2) is 5.84 Å². The molecule has 0 saturated carbocycles. The highest BCUT2D eigenvalue weighted by molar-refractivity contribution is 6.04. The van der Waals surface area contributed by atoms with Crippen molar-refractivity contribution in [2.24, 2.45) is 17.9 Å². The maximum Gasteiger partial charge on any atom is 0.273 e. The van der Waals surface area contributed by atoms with Gasteiger partial charge in [-0.25, -0.2) is 0 Å². The van der Waals surface area contributed by atoms with Crippen LogP contribution in [0.4, 0.5) is 5.69 Å². The summed E-state index contributed by atoms with van der Waals surface area (Å²) < 4.78 is 1.47. The van der Waals surface area contributed by atoms with Gasteiger partial charge in [-0.2, -0.15) is 5.10 Å². The van der Waals surface area contributed by atoms with E-state index in [-0.39, 0.29) is 11.7 Å². The Morgan fingerprint density at radius 2 is 2.26 bits per heavy atom. The van der Waals surface area contributed by atoms with E-state index in [4.69, 9.17) is 10.9 Å². The average molecular weight is 259 g/mol. The smallest absolute Gasteiger partial charge is 0.273 e. The molecule has 1 aromatic heterocycles. The van der Waals surface area contributed by atoms with Crippen molar-refractivity contribution in [3.05, 3.63) is 47.8 Å². The summed E-state index contributed by atoms with van der Waals surface area (Å²) in [5.74, 6) is -0.298. The molecule has 1 amide bonds. The molecule has 7 heteroatoms. The number of rotatable bonds is 3. The molecule has 0 spiro atoms. The van der Waals surface area contributed by atoms with Crippen molar-refractivity contribution in [2.75, 3.05) is 5.32 Å². The first-order valence-corrected chi connectivity index (χ1v) is 5.49. The molecule has 0 saturated heterocycles.